The van der Waals surface area contributed by atoms with Crippen molar-refractivity contribution < 1.29 is 32.3 Å². The van der Waals surface area contributed by atoms with E-state index in [1.807, 2.05) is 12.1 Å². The molecule has 5 rings (SSSR count). The van der Waals surface area contributed by atoms with E-state index >= 15 is 0 Å². The standard InChI is InChI=1S/C41H46O8Si2/c1-40(2,3)50(7,8)48-30-23-21-27(22-24-30)36-37(47-39(44)29-19-15-12-16-20-29)35(42)34-32(45-36)25-31(49-51(9,10)41(4,5)6)26-33(34)46-38(43)28-17-13-11-14-18-28/h11-26H,1-10H3. The number of benzene rings is 4. The summed E-state index contributed by atoms with van der Waals surface area (Å²) >= 11 is 0. The van der Waals surface area contributed by atoms with Gasteiger partial charge in [0, 0.05) is 17.7 Å². The van der Waals surface area contributed by atoms with E-state index in [1.54, 1.807) is 78.9 Å². The Kier molecular flexibility index (Phi) is 10.2. The molecule has 1 heterocycles. The number of hydrogen-bond donors (Lipinski definition) is 0. The van der Waals surface area contributed by atoms with Gasteiger partial charge in [0.15, 0.2) is 5.76 Å². The number of fused-ring (bicyclic) bond motifs is 1. The molecule has 4 aromatic carbocycles. The molecule has 0 aliphatic heterocycles. The van der Waals surface area contributed by atoms with Gasteiger partial charge in [0.25, 0.3) is 0 Å². The van der Waals surface area contributed by atoms with Crippen LogP contribution in [0.15, 0.2) is 106 Å². The molecule has 1 aromatic heterocycles. The molecule has 0 amide bonds. The lowest BCUT2D eigenvalue weighted by atomic mass is 10.1. The van der Waals surface area contributed by atoms with Gasteiger partial charge in [-0.3, -0.25) is 4.79 Å². The van der Waals surface area contributed by atoms with Crippen LogP contribution in [-0.4, -0.2) is 28.6 Å². The lowest BCUT2D eigenvalue weighted by molar-refractivity contribution is 0.0721. The van der Waals surface area contributed by atoms with Crippen LogP contribution in [0.1, 0.15) is 62.3 Å². The number of esters is 2. The highest BCUT2D eigenvalue weighted by Crippen LogP contribution is 2.42. The van der Waals surface area contributed by atoms with Crippen molar-refractivity contribution in [1.29, 1.82) is 0 Å². The summed E-state index contributed by atoms with van der Waals surface area (Å²) in [6, 6.07) is 27.1. The van der Waals surface area contributed by atoms with Gasteiger partial charge in [-0.15, -0.1) is 0 Å². The molecule has 0 unspecified atom stereocenters. The van der Waals surface area contributed by atoms with Gasteiger partial charge in [0.1, 0.15) is 28.2 Å². The molecule has 10 heteroatoms. The number of carbonyl (C=O) groups is 2. The van der Waals surface area contributed by atoms with Crippen LogP contribution in [0.5, 0.6) is 23.0 Å². The Morgan fingerprint density at radius 3 is 1.57 bits per heavy atom. The Balaban J connectivity index is 1.72. The van der Waals surface area contributed by atoms with Crippen LogP contribution in [0.2, 0.25) is 36.3 Å². The fourth-order valence-electron chi connectivity index (χ4n) is 4.69. The molecule has 0 atom stereocenters. The van der Waals surface area contributed by atoms with E-state index in [-0.39, 0.29) is 49.4 Å². The zero-order valence-corrected chi connectivity index (χ0v) is 33.0. The Bertz CT molecular complexity index is 2110. The Labute approximate surface area is 301 Å². The molecule has 0 saturated carbocycles. The van der Waals surface area contributed by atoms with Crippen molar-refractivity contribution in [2.45, 2.75) is 77.8 Å². The summed E-state index contributed by atoms with van der Waals surface area (Å²) in [5.41, 5.74) is 0.425. The third-order valence-electron chi connectivity index (χ3n) is 9.78. The molecular formula is C41H46O8Si2. The van der Waals surface area contributed by atoms with Crippen LogP contribution in [0, 0.1) is 0 Å². The van der Waals surface area contributed by atoms with Gasteiger partial charge in [-0.05, 0) is 84.8 Å². The second kappa shape index (κ2) is 14.0. The van der Waals surface area contributed by atoms with Crippen LogP contribution in [0.3, 0.4) is 0 Å². The van der Waals surface area contributed by atoms with Crippen LogP contribution in [0.25, 0.3) is 22.3 Å². The van der Waals surface area contributed by atoms with Crippen LogP contribution in [0.4, 0.5) is 0 Å². The summed E-state index contributed by atoms with van der Waals surface area (Å²) in [6.07, 6.45) is 0. The first-order valence-corrected chi connectivity index (χ1v) is 22.8. The summed E-state index contributed by atoms with van der Waals surface area (Å²) in [7, 11) is -4.54. The summed E-state index contributed by atoms with van der Waals surface area (Å²) in [5, 5.41) is -0.237. The molecule has 0 aliphatic rings. The molecule has 266 valence electrons. The molecule has 5 aromatic rings. The molecular weight excluding hydrogens is 677 g/mol. The van der Waals surface area contributed by atoms with E-state index in [4.69, 9.17) is 22.7 Å². The average Bonchev–Trinajstić information content (AvgIpc) is 3.05. The monoisotopic (exact) mass is 722 g/mol. The lowest BCUT2D eigenvalue weighted by Gasteiger charge is -2.36. The molecule has 0 radical (unpaired) electrons. The summed E-state index contributed by atoms with van der Waals surface area (Å²) in [4.78, 5) is 41.4. The number of rotatable bonds is 9. The first kappa shape index (κ1) is 37.3. The van der Waals surface area contributed by atoms with Crippen molar-refractivity contribution >= 4 is 39.5 Å². The van der Waals surface area contributed by atoms with Crippen molar-refractivity contribution in [1.82, 2.24) is 0 Å². The molecule has 0 fully saturated rings. The minimum absolute atomic E-state index is 0.0124. The van der Waals surface area contributed by atoms with Crippen molar-refractivity contribution in [3.05, 3.63) is 118 Å². The largest absolute Gasteiger partial charge is 0.544 e. The maximum atomic E-state index is 14.6. The highest BCUT2D eigenvalue weighted by Gasteiger charge is 2.40. The normalized spacial score (nSPS) is 12.4. The van der Waals surface area contributed by atoms with Crippen molar-refractivity contribution in [2.24, 2.45) is 0 Å². The smallest absolute Gasteiger partial charge is 0.343 e. The average molecular weight is 723 g/mol. The number of ether oxygens (including phenoxy) is 2. The fraction of sp³-hybridized carbons (Fsp3) is 0.293. The van der Waals surface area contributed by atoms with Crippen molar-refractivity contribution in [3.8, 4) is 34.3 Å². The van der Waals surface area contributed by atoms with Gasteiger partial charge in [-0.2, -0.15) is 0 Å². The quantitative estimate of drug-likeness (QED) is 0.0842. The fourth-order valence-corrected chi connectivity index (χ4v) is 6.74. The van der Waals surface area contributed by atoms with Gasteiger partial charge in [0.2, 0.25) is 27.8 Å². The third-order valence-corrected chi connectivity index (χ3v) is 18.5. The zero-order valence-electron chi connectivity index (χ0n) is 31.0. The Morgan fingerprint density at radius 2 is 1.08 bits per heavy atom. The lowest BCUT2D eigenvalue weighted by Crippen LogP contribution is -2.43. The maximum absolute atomic E-state index is 14.6. The second-order valence-corrected chi connectivity index (χ2v) is 25.1. The van der Waals surface area contributed by atoms with Gasteiger partial charge in [-0.25, -0.2) is 9.59 Å². The summed E-state index contributed by atoms with van der Waals surface area (Å²) in [6.45, 7) is 21.3. The molecule has 0 aliphatic carbocycles. The van der Waals surface area contributed by atoms with E-state index in [9.17, 15) is 14.4 Å². The predicted molar refractivity (Wildman–Crippen MR) is 206 cm³/mol. The van der Waals surface area contributed by atoms with Gasteiger partial charge in [0.05, 0.1) is 11.1 Å². The van der Waals surface area contributed by atoms with E-state index in [1.165, 1.54) is 6.07 Å². The van der Waals surface area contributed by atoms with Gasteiger partial charge >= 0.3 is 11.9 Å². The highest BCUT2D eigenvalue weighted by molar-refractivity contribution is 6.75. The highest BCUT2D eigenvalue weighted by atomic mass is 28.4. The molecule has 0 N–H and O–H groups in total. The first-order valence-electron chi connectivity index (χ1n) is 17.0. The zero-order chi connectivity index (χ0) is 37.4. The molecule has 8 nitrogen and oxygen atoms in total. The summed E-state index contributed by atoms with van der Waals surface area (Å²) < 4.78 is 31.3. The predicted octanol–water partition coefficient (Wildman–Crippen LogP) is 10.7. The molecule has 0 bridgehead atoms. The van der Waals surface area contributed by atoms with Crippen LogP contribution < -0.4 is 23.8 Å². The van der Waals surface area contributed by atoms with Crippen molar-refractivity contribution in [2.75, 3.05) is 0 Å². The van der Waals surface area contributed by atoms with E-state index in [0.29, 0.717) is 17.1 Å². The second-order valence-electron chi connectivity index (χ2n) is 15.6. The van der Waals surface area contributed by atoms with Crippen LogP contribution in [-0.2, 0) is 0 Å². The minimum Gasteiger partial charge on any atom is -0.544 e. The maximum Gasteiger partial charge on any atom is 0.343 e. The van der Waals surface area contributed by atoms with Gasteiger partial charge < -0.3 is 22.7 Å². The van der Waals surface area contributed by atoms with Crippen LogP contribution >= 0.6 is 0 Å². The molecule has 51 heavy (non-hydrogen) atoms. The molecule has 0 spiro atoms. The van der Waals surface area contributed by atoms with Gasteiger partial charge in [-0.1, -0.05) is 77.9 Å². The first-order chi connectivity index (χ1) is 23.8. The molecule has 0 saturated heterocycles. The van der Waals surface area contributed by atoms with Crippen molar-refractivity contribution in [3.63, 3.8) is 0 Å². The Morgan fingerprint density at radius 1 is 0.608 bits per heavy atom. The minimum atomic E-state index is -2.40. The summed E-state index contributed by atoms with van der Waals surface area (Å²) in [5.74, 6) is -0.759. The topological polar surface area (TPSA) is 101 Å². The third kappa shape index (κ3) is 8.18. The Hall–Kier alpha value is -4.94. The SMILES string of the molecule is CC(C)(C)[Si](C)(C)Oc1ccc(-c2oc3cc(O[Si](C)(C)C(C)(C)C)cc(OC(=O)c4ccccc4)c3c(=O)c2OC(=O)c2ccccc2)cc1. The van der Waals surface area contributed by atoms with E-state index < -0.39 is 34.0 Å². The number of hydrogen-bond acceptors (Lipinski definition) is 8. The number of carbonyl (C=O) groups excluding carboxylic acids is 2. The van der Waals surface area contributed by atoms with E-state index in [0.717, 1.165) is 0 Å². The van der Waals surface area contributed by atoms with E-state index in [2.05, 4.69) is 67.7 Å².